The van der Waals surface area contributed by atoms with Crippen LogP contribution in [-0.4, -0.2) is 20.2 Å². The molecule has 0 spiro atoms. The number of nitrogens with zero attached hydrogens (tertiary/aromatic N) is 2. The summed E-state index contributed by atoms with van der Waals surface area (Å²) >= 11 is 0. The quantitative estimate of drug-likeness (QED) is 0.392. The summed E-state index contributed by atoms with van der Waals surface area (Å²) in [4.78, 5) is 8.10. The van der Waals surface area contributed by atoms with Crippen LogP contribution >= 0.6 is 0 Å². The Hall–Kier alpha value is -3.92. The summed E-state index contributed by atoms with van der Waals surface area (Å²) in [7, 11) is 0. The molecule has 0 saturated carbocycles. The van der Waals surface area contributed by atoms with E-state index in [0.29, 0.717) is 0 Å². The fraction of sp³-hybridized carbons (Fsp3) is 0.0400. The second-order valence-electron chi connectivity index (χ2n) is 6.93. The molecule has 0 amide bonds. The van der Waals surface area contributed by atoms with E-state index in [1.165, 1.54) is 5.57 Å². The van der Waals surface area contributed by atoms with Crippen molar-refractivity contribution in [2.24, 2.45) is 0 Å². The number of aromatic nitrogens is 4. The van der Waals surface area contributed by atoms with Crippen molar-refractivity contribution < 1.29 is 0 Å². The molecule has 0 atom stereocenters. The predicted octanol–water partition coefficient (Wildman–Crippen LogP) is 6.20. The molecule has 4 nitrogen and oxygen atoms in total. The van der Waals surface area contributed by atoms with E-state index in [2.05, 4.69) is 71.2 Å². The zero-order valence-electron chi connectivity index (χ0n) is 16.1. The van der Waals surface area contributed by atoms with E-state index in [1.807, 2.05) is 36.4 Å². The fourth-order valence-electron chi connectivity index (χ4n) is 3.82. The van der Waals surface area contributed by atoms with Gasteiger partial charge in [0.2, 0.25) is 0 Å². The van der Waals surface area contributed by atoms with Crippen LogP contribution < -0.4 is 0 Å². The van der Waals surface area contributed by atoms with Gasteiger partial charge in [0.15, 0.2) is 5.82 Å². The van der Waals surface area contributed by atoms with Gasteiger partial charge in [-0.15, -0.1) is 0 Å². The van der Waals surface area contributed by atoms with Crippen LogP contribution in [0.2, 0.25) is 0 Å². The maximum atomic E-state index is 4.72. The van der Waals surface area contributed by atoms with Crippen molar-refractivity contribution in [3.63, 3.8) is 0 Å². The number of para-hydroxylation sites is 2. The fourth-order valence-corrected chi connectivity index (χ4v) is 3.82. The number of hydrogen-bond acceptors (Lipinski definition) is 2. The Labute approximate surface area is 168 Å². The Morgan fingerprint density at radius 1 is 0.966 bits per heavy atom. The molecule has 0 aliphatic rings. The first-order valence-electron chi connectivity index (χ1n) is 9.60. The molecule has 140 valence electrons. The molecule has 0 unspecified atom stereocenters. The number of allylic oxidation sites excluding steroid dienone is 1. The molecule has 2 heterocycles. The van der Waals surface area contributed by atoms with Crippen molar-refractivity contribution in [2.75, 3.05) is 0 Å². The van der Waals surface area contributed by atoms with Gasteiger partial charge in [-0.2, -0.15) is 5.10 Å². The lowest BCUT2D eigenvalue weighted by Crippen LogP contribution is -1.91. The van der Waals surface area contributed by atoms with Gasteiger partial charge in [0.05, 0.1) is 16.6 Å². The van der Waals surface area contributed by atoms with Gasteiger partial charge in [0.1, 0.15) is 5.69 Å². The Balaban J connectivity index is 1.67. The van der Waals surface area contributed by atoms with E-state index in [4.69, 9.17) is 4.98 Å². The SMILES string of the molecule is C=Cc1ccccc1/C(=C\C)c1ccc2[nH]nc(-c3nc4ccccc4[nH]3)c2c1. The number of imidazole rings is 1. The van der Waals surface area contributed by atoms with Gasteiger partial charge in [0, 0.05) is 5.39 Å². The molecule has 0 fully saturated rings. The van der Waals surface area contributed by atoms with Crippen LogP contribution in [0.5, 0.6) is 0 Å². The van der Waals surface area contributed by atoms with Crippen molar-refractivity contribution in [1.82, 2.24) is 20.2 Å². The van der Waals surface area contributed by atoms with Crippen molar-refractivity contribution >= 4 is 33.6 Å². The van der Waals surface area contributed by atoms with Crippen LogP contribution in [0.15, 0.2) is 79.4 Å². The van der Waals surface area contributed by atoms with Crippen LogP contribution in [0.25, 0.3) is 45.1 Å². The Morgan fingerprint density at radius 3 is 2.62 bits per heavy atom. The second-order valence-corrected chi connectivity index (χ2v) is 6.93. The number of hydrogen-bond donors (Lipinski definition) is 2. The summed E-state index contributed by atoms with van der Waals surface area (Å²) in [6.07, 6.45) is 4.04. The molecule has 3 aromatic carbocycles. The molecule has 0 saturated heterocycles. The first-order valence-corrected chi connectivity index (χ1v) is 9.60. The minimum absolute atomic E-state index is 0.767. The molecule has 2 N–H and O–H groups in total. The summed E-state index contributed by atoms with van der Waals surface area (Å²) in [5.41, 5.74) is 8.32. The first-order chi connectivity index (χ1) is 14.3. The third-order valence-electron chi connectivity index (χ3n) is 5.25. The Bertz CT molecular complexity index is 1350. The standard InChI is InChI=1S/C25H20N4/c1-3-16-9-5-6-10-19(16)18(4-2)17-13-14-21-20(15-17)24(29-28-21)25-26-22-11-7-8-12-23(22)27-25/h3-15H,1H2,2H3,(H,26,27)(H,28,29)/b18-4-. The minimum Gasteiger partial charge on any atom is -0.337 e. The summed E-state index contributed by atoms with van der Waals surface area (Å²) in [5.74, 6) is 0.767. The van der Waals surface area contributed by atoms with Gasteiger partial charge in [-0.3, -0.25) is 5.10 Å². The average Bonchev–Trinajstić information content (AvgIpc) is 3.38. The Morgan fingerprint density at radius 2 is 1.79 bits per heavy atom. The van der Waals surface area contributed by atoms with Gasteiger partial charge >= 0.3 is 0 Å². The molecular formula is C25H20N4. The second kappa shape index (κ2) is 6.91. The average molecular weight is 376 g/mol. The third kappa shape index (κ3) is 2.86. The molecule has 0 aliphatic heterocycles. The van der Waals surface area contributed by atoms with E-state index in [1.54, 1.807) is 0 Å². The van der Waals surface area contributed by atoms with E-state index < -0.39 is 0 Å². The number of aromatic amines is 2. The van der Waals surface area contributed by atoms with Crippen LogP contribution in [-0.2, 0) is 0 Å². The largest absolute Gasteiger partial charge is 0.337 e. The molecule has 4 heteroatoms. The highest BCUT2D eigenvalue weighted by Crippen LogP contribution is 2.32. The molecule has 2 aromatic heterocycles. The monoisotopic (exact) mass is 376 g/mol. The maximum absolute atomic E-state index is 4.72. The number of nitrogens with one attached hydrogen (secondary N) is 2. The molecule has 0 aliphatic carbocycles. The maximum Gasteiger partial charge on any atom is 0.159 e. The van der Waals surface area contributed by atoms with E-state index in [0.717, 1.165) is 50.1 Å². The molecule has 5 aromatic rings. The van der Waals surface area contributed by atoms with Crippen LogP contribution in [0.4, 0.5) is 0 Å². The highest BCUT2D eigenvalue weighted by Gasteiger charge is 2.15. The normalized spacial score (nSPS) is 12.0. The van der Waals surface area contributed by atoms with Gasteiger partial charge in [-0.1, -0.05) is 61.2 Å². The third-order valence-corrected chi connectivity index (χ3v) is 5.25. The van der Waals surface area contributed by atoms with Crippen molar-refractivity contribution in [3.05, 3.63) is 96.1 Å². The zero-order valence-corrected chi connectivity index (χ0v) is 16.1. The topological polar surface area (TPSA) is 57.4 Å². The van der Waals surface area contributed by atoms with Gasteiger partial charge in [0.25, 0.3) is 0 Å². The van der Waals surface area contributed by atoms with Crippen molar-refractivity contribution in [3.8, 4) is 11.5 Å². The molecule has 0 bridgehead atoms. The molecule has 0 radical (unpaired) electrons. The summed E-state index contributed by atoms with van der Waals surface area (Å²) < 4.78 is 0. The number of rotatable bonds is 4. The summed E-state index contributed by atoms with van der Waals surface area (Å²) in [5, 5.41) is 8.71. The van der Waals surface area contributed by atoms with Crippen molar-refractivity contribution in [1.29, 1.82) is 0 Å². The summed E-state index contributed by atoms with van der Waals surface area (Å²) in [6, 6.07) is 22.7. The van der Waals surface area contributed by atoms with E-state index in [9.17, 15) is 0 Å². The first kappa shape index (κ1) is 17.2. The molecule has 29 heavy (non-hydrogen) atoms. The lowest BCUT2D eigenvalue weighted by molar-refractivity contribution is 1.11. The van der Waals surface area contributed by atoms with Crippen LogP contribution in [0.3, 0.4) is 0 Å². The van der Waals surface area contributed by atoms with Crippen LogP contribution in [0.1, 0.15) is 23.6 Å². The highest BCUT2D eigenvalue weighted by molar-refractivity contribution is 5.96. The molecule has 5 rings (SSSR count). The number of benzene rings is 3. The predicted molar refractivity (Wildman–Crippen MR) is 120 cm³/mol. The highest BCUT2D eigenvalue weighted by atomic mass is 15.1. The lowest BCUT2D eigenvalue weighted by atomic mass is 9.93. The van der Waals surface area contributed by atoms with E-state index >= 15 is 0 Å². The minimum atomic E-state index is 0.767. The summed E-state index contributed by atoms with van der Waals surface area (Å²) in [6.45, 7) is 6.03. The Kier molecular flexibility index (Phi) is 4.10. The zero-order chi connectivity index (χ0) is 19.8. The van der Waals surface area contributed by atoms with Gasteiger partial charge in [-0.25, -0.2) is 4.98 Å². The number of H-pyrrole nitrogens is 2. The number of fused-ring (bicyclic) bond motifs is 2. The van der Waals surface area contributed by atoms with Gasteiger partial charge in [-0.05, 0) is 53.5 Å². The smallest absolute Gasteiger partial charge is 0.159 e. The lowest BCUT2D eigenvalue weighted by Gasteiger charge is -2.11. The van der Waals surface area contributed by atoms with Gasteiger partial charge < -0.3 is 4.98 Å². The van der Waals surface area contributed by atoms with E-state index in [-0.39, 0.29) is 0 Å². The molecular weight excluding hydrogens is 356 g/mol. The van der Waals surface area contributed by atoms with Crippen molar-refractivity contribution in [2.45, 2.75) is 6.92 Å². The van der Waals surface area contributed by atoms with Crippen LogP contribution in [0, 0.1) is 0 Å².